The zero-order valence-corrected chi connectivity index (χ0v) is 13.2. The maximum atomic E-state index is 12.2. The number of benzene rings is 2. The molecule has 2 aromatic carbocycles. The largest absolute Gasteiger partial charge is 0.508 e. The van der Waals surface area contributed by atoms with Crippen molar-refractivity contribution in [2.45, 2.75) is 18.9 Å². The second-order valence-corrected chi connectivity index (χ2v) is 5.36. The van der Waals surface area contributed by atoms with Crippen LogP contribution < -0.4 is 5.32 Å². The fourth-order valence-corrected chi connectivity index (χ4v) is 2.25. The van der Waals surface area contributed by atoms with Gasteiger partial charge in [0.15, 0.2) is 0 Å². The number of hydrogen-bond acceptors (Lipinski definition) is 5. The van der Waals surface area contributed by atoms with E-state index in [1.54, 1.807) is 24.3 Å². The second-order valence-electron chi connectivity index (χ2n) is 5.36. The molecule has 0 heterocycles. The normalized spacial score (nSPS) is 11.5. The van der Waals surface area contributed by atoms with Crippen LogP contribution in [0.15, 0.2) is 48.5 Å². The highest BCUT2D eigenvalue weighted by Gasteiger charge is 2.22. The summed E-state index contributed by atoms with van der Waals surface area (Å²) < 4.78 is 4.74. The Balaban J connectivity index is 2.02. The van der Waals surface area contributed by atoms with Crippen LogP contribution in [0.2, 0.25) is 0 Å². The van der Waals surface area contributed by atoms with Gasteiger partial charge in [0.05, 0.1) is 13.5 Å². The Morgan fingerprint density at radius 2 is 1.46 bits per heavy atom. The summed E-state index contributed by atoms with van der Waals surface area (Å²) in [5.74, 6) is -0.611. The molecule has 2 rings (SSSR count). The highest BCUT2D eigenvalue weighted by Crippen LogP contribution is 2.13. The molecule has 126 valence electrons. The predicted molar refractivity (Wildman–Crippen MR) is 87.6 cm³/mol. The first kappa shape index (κ1) is 17.3. The molecule has 2 aromatic rings. The van der Waals surface area contributed by atoms with E-state index < -0.39 is 12.0 Å². The van der Waals surface area contributed by atoms with Gasteiger partial charge >= 0.3 is 5.97 Å². The van der Waals surface area contributed by atoms with Crippen molar-refractivity contribution >= 4 is 11.9 Å². The number of phenols is 2. The number of amides is 1. The molecule has 0 fully saturated rings. The average molecular weight is 329 g/mol. The van der Waals surface area contributed by atoms with Gasteiger partial charge in [-0.05, 0) is 35.4 Å². The molecule has 0 radical (unpaired) electrons. The molecule has 0 saturated heterocycles. The summed E-state index contributed by atoms with van der Waals surface area (Å²) in [6.07, 6.45) is 0.345. The van der Waals surface area contributed by atoms with E-state index in [9.17, 15) is 19.8 Å². The Kier molecular flexibility index (Phi) is 5.78. The van der Waals surface area contributed by atoms with Crippen LogP contribution >= 0.6 is 0 Å². The van der Waals surface area contributed by atoms with Gasteiger partial charge in [-0.3, -0.25) is 4.79 Å². The van der Waals surface area contributed by atoms with Crippen molar-refractivity contribution in [2.75, 3.05) is 7.11 Å². The number of carbonyl (C=O) groups is 2. The van der Waals surface area contributed by atoms with Gasteiger partial charge < -0.3 is 20.3 Å². The first-order chi connectivity index (χ1) is 11.5. The minimum absolute atomic E-state index is 0.0867. The van der Waals surface area contributed by atoms with Crippen molar-refractivity contribution in [1.29, 1.82) is 0 Å². The SMILES string of the molecule is COC(=O)[C@H](Cc1ccc(O)cc1)NC(=O)Cc1ccc(O)cc1. The zero-order chi connectivity index (χ0) is 17.5. The van der Waals surface area contributed by atoms with Crippen LogP contribution in [0, 0.1) is 0 Å². The van der Waals surface area contributed by atoms with E-state index in [4.69, 9.17) is 4.74 Å². The fourth-order valence-electron chi connectivity index (χ4n) is 2.25. The van der Waals surface area contributed by atoms with Crippen molar-refractivity contribution in [1.82, 2.24) is 5.32 Å². The lowest BCUT2D eigenvalue weighted by atomic mass is 10.0. The third kappa shape index (κ3) is 5.01. The topological polar surface area (TPSA) is 95.9 Å². The number of hydrogen-bond donors (Lipinski definition) is 3. The van der Waals surface area contributed by atoms with Crippen molar-refractivity contribution in [3.05, 3.63) is 59.7 Å². The molecular weight excluding hydrogens is 310 g/mol. The number of nitrogens with one attached hydrogen (secondary N) is 1. The van der Waals surface area contributed by atoms with Crippen molar-refractivity contribution in [3.8, 4) is 11.5 Å². The molecule has 0 aromatic heterocycles. The molecule has 0 unspecified atom stereocenters. The zero-order valence-electron chi connectivity index (χ0n) is 13.2. The van der Waals surface area contributed by atoms with Gasteiger partial charge in [-0.15, -0.1) is 0 Å². The number of esters is 1. The van der Waals surface area contributed by atoms with Crippen molar-refractivity contribution < 1.29 is 24.5 Å². The Bertz CT molecular complexity index is 694. The van der Waals surface area contributed by atoms with E-state index in [2.05, 4.69) is 5.32 Å². The maximum Gasteiger partial charge on any atom is 0.328 e. The van der Waals surface area contributed by atoms with E-state index in [-0.39, 0.29) is 30.2 Å². The summed E-state index contributed by atoms with van der Waals surface area (Å²) in [6, 6.07) is 11.8. The summed E-state index contributed by atoms with van der Waals surface area (Å²) in [5.41, 5.74) is 1.51. The minimum atomic E-state index is -0.816. The van der Waals surface area contributed by atoms with Gasteiger partial charge in [0.1, 0.15) is 17.5 Å². The number of methoxy groups -OCH3 is 1. The molecule has 0 spiro atoms. The van der Waals surface area contributed by atoms with Crippen LogP contribution in [0.25, 0.3) is 0 Å². The quantitative estimate of drug-likeness (QED) is 0.699. The van der Waals surface area contributed by atoms with Crippen LogP contribution in [0.5, 0.6) is 11.5 Å². The van der Waals surface area contributed by atoms with Crippen LogP contribution in [0.3, 0.4) is 0 Å². The third-order valence-corrected chi connectivity index (χ3v) is 3.50. The smallest absolute Gasteiger partial charge is 0.328 e. The minimum Gasteiger partial charge on any atom is -0.508 e. The molecule has 0 aliphatic carbocycles. The summed E-state index contributed by atoms with van der Waals surface area (Å²) >= 11 is 0. The molecule has 24 heavy (non-hydrogen) atoms. The fraction of sp³-hybridized carbons (Fsp3) is 0.222. The Labute approximate surface area is 139 Å². The maximum absolute atomic E-state index is 12.2. The van der Waals surface area contributed by atoms with E-state index >= 15 is 0 Å². The average Bonchev–Trinajstić information content (AvgIpc) is 2.57. The van der Waals surface area contributed by atoms with Crippen molar-refractivity contribution in [3.63, 3.8) is 0 Å². The molecule has 0 saturated carbocycles. The summed E-state index contributed by atoms with van der Waals surface area (Å²) in [7, 11) is 1.26. The van der Waals surface area contributed by atoms with Gasteiger partial charge in [0, 0.05) is 6.42 Å². The number of phenolic OH excluding ortho intramolecular Hbond substituents is 2. The first-order valence-electron chi connectivity index (χ1n) is 7.41. The third-order valence-electron chi connectivity index (χ3n) is 3.50. The predicted octanol–water partition coefficient (Wildman–Crippen LogP) is 1.54. The number of aromatic hydroxyl groups is 2. The van der Waals surface area contributed by atoms with Gasteiger partial charge in [0.25, 0.3) is 0 Å². The second kappa shape index (κ2) is 8.01. The molecule has 6 heteroatoms. The van der Waals surface area contributed by atoms with E-state index in [1.807, 2.05) is 0 Å². The highest BCUT2D eigenvalue weighted by atomic mass is 16.5. The Morgan fingerprint density at radius 1 is 0.958 bits per heavy atom. The summed E-state index contributed by atoms with van der Waals surface area (Å²) in [4.78, 5) is 24.0. The van der Waals surface area contributed by atoms with Gasteiger partial charge in [-0.2, -0.15) is 0 Å². The monoisotopic (exact) mass is 329 g/mol. The van der Waals surface area contributed by atoms with Crippen LogP contribution in [0.1, 0.15) is 11.1 Å². The molecule has 0 bridgehead atoms. The van der Waals surface area contributed by atoms with Crippen LogP contribution in [0.4, 0.5) is 0 Å². The van der Waals surface area contributed by atoms with Gasteiger partial charge in [-0.1, -0.05) is 24.3 Å². The lowest BCUT2D eigenvalue weighted by Gasteiger charge is -2.17. The van der Waals surface area contributed by atoms with Crippen LogP contribution in [-0.4, -0.2) is 35.2 Å². The van der Waals surface area contributed by atoms with Crippen molar-refractivity contribution in [2.24, 2.45) is 0 Å². The lowest BCUT2D eigenvalue weighted by molar-refractivity contribution is -0.145. The summed E-state index contributed by atoms with van der Waals surface area (Å²) in [5, 5.41) is 21.2. The van der Waals surface area contributed by atoms with Crippen LogP contribution in [-0.2, 0) is 27.2 Å². The number of ether oxygens (including phenoxy) is 1. The standard InChI is InChI=1S/C18H19NO5/c1-24-18(23)16(10-12-2-6-14(20)7-3-12)19-17(22)11-13-4-8-15(21)9-5-13/h2-9,16,20-21H,10-11H2,1H3,(H,19,22)/t16-/m0/s1. The van der Waals surface area contributed by atoms with E-state index in [1.165, 1.54) is 31.4 Å². The molecule has 1 amide bonds. The molecule has 0 aliphatic heterocycles. The van der Waals surface area contributed by atoms with Gasteiger partial charge in [0.2, 0.25) is 5.91 Å². The highest BCUT2D eigenvalue weighted by molar-refractivity contribution is 5.85. The molecule has 1 atom stereocenters. The molecule has 6 nitrogen and oxygen atoms in total. The molecule has 0 aliphatic rings. The first-order valence-corrected chi connectivity index (χ1v) is 7.41. The van der Waals surface area contributed by atoms with Gasteiger partial charge in [-0.25, -0.2) is 4.79 Å². The number of carbonyl (C=O) groups excluding carboxylic acids is 2. The Hall–Kier alpha value is -3.02. The Morgan fingerprint density at radius 3 is 1.96 bits per heavy atom. The lowest BCUT2D eigenvalue weighted by Crippen LogP contribution is -2.43. The van der Waals surface area contributed by atoms with E-state index in [0.29, 0.717) is 0 Å². The van der Waals surface area contributed by atoms with E-state index in [0.717, 1.165) is 11.1 Å². The molecular formula is C18H19NO5. The molecule has 3 N–H and O–H groups in total. The summed E-state index contributed by atoms with van der Waals surface area (Å²) in [6.45, 7) is 0. The number of rotatable bonds is 6.